The van der Waals surface area contributed by atoms with Crippen LogP contribution in [0.3, 0.4) is 0 Å². The Bertz CT molecular complexity index is 842. The minimum absolute atomic E-state index is 0.0226. The molecule has 1 rings (SSSR count). The van der Waals surface area contributed by atoms with Crippen LogP contribution < -0.4 is 9.47 Å². The highest BCUT2D eigenvalue weighted by Crippen LogP contribution is 2.32. The maximum atomic E-state index is 13.4. The van der Waals surface area contributed by atoms with E-state index in [1.165, 1.54) is 6.08 Å². The van der Waals surface area contributed by atoms with E-state index in [9.17, 15) is 9.59 Å². The molecule has 1 atom stereocenters. The molecule has 0 heterocycles. The molecule has 0 bridgehead atoms. The number of rotatable bonds is 19. The number of hydrogen-bond acceptors (Lipinski definition) is 7. The normalized spacial score (nSPS) is 11.9. The molecule has 0 aliphatic heterocycles. The van der Waals surface area contributed by atoms with Gasteiger partial charge in [0, 0.05) is 32.1 Å². The minimum Gasteiger partial charge on any atom is -0.467 e. The highest BCUT2D eigenvalue weighted by molar-refractivity contribution is 5.98. The first-order chi connectivity index (χ1) is 16.9. The van der Waals surface area contributed by atoms with Gasteiger partial charge in [-0.2, -0.15) is 0 Å². The summed E-state index contributed by atoms with van der Waals surface area (Å²) in [6.07, 6.45) is 8.42. The summed E-state index contributed by atoms with van der Waals surface area (Å²) in [5, 5.41) is 0. The summed E-state index contributed by atoms with van der Waals surface area (Å²) in [4.78, 5) is 26.1. The molecule has 0 saturated carbocycles. The number of ether oxygens (including phenoxy) is 5. The predicted molar refractivity (Wildman–Crippen MR) is 137 cm³/mol. The number of benzene rings is 1. The van der Waals surface area contributed by atoms with Gasteiger partial charge in [-0.05, 0) is 50.3 Å². The first kappa shape index (κ1) is 30.1. The Kier molecular flexibility index (Phi) is 15.1. The van der Waals surface area contributed by atoms with Crippen LogP contribution in [0.2, 0.25) is 0 Å². The van der Waals surface area contributed by atoms with Crippen LogP contribution in [0.15, 0.2) is 49.6 Å². The molecule has 35 heavy (non-hydrogen) atoms. The summed E-state index contributed by atoms with van der Waals surface area (Å²) < 4.78 is 27.9. The van der Waals surface area contributed by atoms with Crippen molar-refractivity contribution in [2.24, 2.45) is 5.92 Å². The number of esters is 1. The minimum atomic E-state index is -0.577. The quantitative estimate of drug-likeness (QED) is 0.0797. The summed E-state index contributed by atoms with van der Waals surface area (Å²) in [6.45, 7) is 16.0. The highest BCUT2D eigenvalue weighted by atomic mass is 16.7. The van der Waals surface area contributed by atoms with Gasteiger partial charge >= 0.3 is 5.97 Å². The van der Waals surface area contributed by atoms with Gasteiger partial charge in [-0.15, -0.1) is 13.2 Å². The Morgan fingerprint density at radius 2 is 1.66 bits per heavy atom. The molecule has 1 aromatic rings. The van der Waals surface area contributed by atoms with Crippen molar-refractivity contribution in [1.29, 1.82) is 0 Å². The number of hydrogen-bond donors (Lipinski definition) is 0. The van der Waals surface area contributed by atoms with Gasteiger partial charge in [0.1, 0.15) is 23.2 Å². The Balaban J connectivity index is 3.41. The average Bonchev–Trinajstić information content (AvgIpc) is 2.81. The van der Waals surface area contributed by atoms with Crippen molar-refractivity contribution in [1.82, 2.24) is 0 Å². The molecule has 7 nitrogen and oxygen atoms in total. The number of allylic oxidation sites excluding steroid dienone is 3. The monoisotopic (exact) mass is 488 g/mol. The van der Waals surface area contributed by atoms with Gasteiger partial charge in [-0.25, -0.2) is 4.79 Å². The molecule has 1 aromatic carbocycles. The summed E-state index contributed by atoms with van der Waals surface area (Å²) in [7, 11) is 0. The van der Waals surface area contributed by atoms with Crippen molar-refractivity contribution in [3.63, 3.8) is 0 Å². The molecular weight excluding hydrogens is 448 g/mol. The zero-order valence-corrected chi connectivity index (χ0v) is 21.5. The van der Waals surface area contributed by atoms with Gasteiger partial charge in [-0.1, -0.05) is 32.1 Å². The predicted octanol–water partition coefficient (Wildman–Crippen LogP) is 5.82. The zero-order chi connectivity index (χ0) is 26.1. The van der Waals surface area contributed by atoms with E-state index in [1.807, 2.05) is 27.7 Å². The van der Waals surface area contributed by atoms with Crippen molar-refractivity contribution in [2.75, 3.05) is 26.8 Å². The first-order valence-electron chi connectivity index (χ1n) is 12.1. The second-order valence-corrected chi connectivity index (χ2v) is 8.09. The molecule has 0 unspecified atom stereocenters. The topological polar surface area (TPSA) is 80.3 Å². The van der Waals surface area contributed by atoms with Gasteiger partial charge < -0.3 is 23.7 Å². The summed E-state index contributed by atoms with van der Waals surface area (Å²) in [5.74, 6) is -0.0287. The van der Waals surface area contributed by atoms with Gasteiger partial charge in [0.2, 0.25) is 0 Å². The second kappa shape index (κ2) is 17.5. The maximum Gasteiger partial charge on any atom is 0.342 e. The Morgan fingerprint density at radius 3 is 2.26 bits per heavy atom. The molecule has 0 aliphatic rings. The molecular formula is C28H40O7. The molecule has 0 aromatic heterocycles. The van der Waals surface area contributed by atoms with Crippen molar-refractivity contribution in [3.05, 3.63) is 60.7 Å². The second-order valence-electron chi connectivity index (χ2n) is 8.09. The average molecular weight is 489 g/mol. The van der Waals surface area contributed by atoms with Crippen LogP contribution in [0.4, 0.5) is 0 Å². The molecule has 0 aliphatic carbocycles. The van der Waals surface area contributed by atoms with E-state index in [0.717, 1.165) is 6.42 Å². The lowest BCUT2D eigenvalue weighted by atomic mass is 9.99. The summed E-state index contributed by atoms with van der Waals surface area (Å²) in [5.41, 5.74) is 0.617. The van der Waals surface area contributed by atoms with Gasteiger partial charge in [0.05, 0.1) is 0 Å². The Labute approximate surface area is 209 Å². The molecule has 0 amide bonds. The van der Waals surface area contributed by atoms with Crippen LogP contribution in [0.1, 0.15) is 62.9 Å². The van der Waals surface area contributed by atoms with Crippen molar-refractivity contribution < 1.29 is 33.3 Å². The molecule has 194 valence electrons. The Hall–Kier alpha value is -2.90. The third-order valence-corrected chi connectivity index (χ3v) is 4.98. The smallest absolute Gasteiger partial charge is 0.342 e. The Morgan fingerprint density at radius 1 is 0.971 bits per heavy atom. The number of carbonyl (C=O) groups excluding carboxylic acids is 2. The first-order valence-corrected chi connectivity index (χ1v) is 12.1. The zero-order valence-electron chi connectivity index (χ0n) is 21.5. The SMILES string of the molecule is C=CCC/C=C/C(=O)Cc1cc(OCOCC)cc(OCOCC)c1C(=O)O[C@@H](CC=C)C(C)C. The van der Waals surface area contributed by atoms with E-state index in [-0.39, 0.29) is 49.1 Å². The molecule has 0 N–H and O–H groups in total. The fraction of sp³-hybridized carbons (Fsp3) is 0.500. The lowest BCUT2D eigenvalue weighted by molar-refractivity contribution is -0.114. The maximum absolute atomic E-state index is 13.4. The largest absolute Gasteiger partial charge is 0.467 e. The standard InChI is InChI=1S/C28H40O7/c1-7-11-12-13-15-23(29)16-22-17-24(33-19-31-9-3)18-26(34-20-32-10-4)27(22)28(30)35-25(14-8-2)21(5)6/h7-8,13,15,17-18,21,25H,1-2,9-12,14,16,19-20H2,3-6H3/b15-13+/t25-/m0/s1. The van der Waals surface area contributed by atoms with E-state index in [0.29, 0.717) is 37.4 Å². The number of carbonyl (C=O) groups is 2. The molecule has 7 heteroatoms. The van der Waals surface area contributed by atoms with Crippen LogP contribution in [-0.2, 0) is 25.4 Å². The van der Waals surface area contributed by atoms with E-state index in [2.05, 4.69) is 13.2 Å². The third-order valence-electron chi connectivity index (χ3n) is 4.98. The molecule has 0 fully saturated rings. The van der Waals surface area contributed by atoms with E-state index in [4.69, 9.17) is 23.7 Å². The lowest BCUT2D eigenvalue weighted by Crippen LogP contribution is -2.25. The summed E-state index contributed by atoms with van der Waals surface area (Å²) >= 11 is 0. The van der Waals surface area contributed by atoms with Crippen LogP contribution in [0.5, 0.6) is 11.5 Å². The van der Waals surface area contributed by atoms with E-state index >= 15 is 0 Å². The fourth-order valence-corrected chi connectivity index (χ4v) is 3.09. The molecule has 0 spiro atoms. The fourth-order valence-electron chi connectivity index (χ4n) is 3.09. The molecule has 0 saturated heterocycles. The van der Waals surface area contributed by atoms with Gasteiger partial charge in [0.25, 0.3) is 0 Å². The van der Waals surface area contributed by atoms with Crippen LogP contribution >= 0.6 is 0 Å². The number of unbranched alkanes of at least 4 members (excludes halogenated alkanes) is 1. The number of ketones is 1. The van der Waals surface area contributed by atoms with E-state index < -0.39 is 5.97 Å². The van der Waals surface area contributed by atoms with Crippen molar-refractivity contribution in [3.8, 4) is 11.5 Å². The van der Waals surface area contributed by atoms with Crippen LogP contribution in [0.25, 0.3) is 0 Å². The molecule has 0 radical (unpaired) electrons. The van der Waals surface area contributed by atoms with Crippen molar-refractivity contribution >= 4 is 11.8 Å². The van der Waals surface area contributed by atoms with Crippen molar-refractivity contribution in [2.45, 2.75) is 59.5 Å². The van der Waals surface area contributed by atoms with Crippen LogP contribution in [0, 0.1) is 5.92 Å². The highest BCUT2D eigenvalue weighted by Gasteiger charge is 2.26. The summed E-state index contributed by atoms with van der Waals surface area (Å²) in [6, 6.07) is 3.23. The lowest BCUT2D eigenvalue weighted by Gasteiger charge is -2.22. The van der Waals surface area contributed by atoms with Crippen LogP contribution in [-0.4, -0.2) is 44.7 Å². The third kappa shape index (κ3) is 11.4. The van der Waals surface area contributed by atoms with E-state index in [1.54, 1.807) is 30.4 Å². The van der Waals surface area contributed by atoms with Gasteiger partial charge in [0.15, 0.2) is 19.4 Å². The van der Waals surface area contributed by atoms with Gasteiger partial charge in [-0.3, -0.25) is 4.79 Å².